The Morgan fingerprint density at radius 2 is 1.62 bits per heavy atom. The van der Waals surface area contributed by atoms with Gasteiger partial charge in [0.05, 0.1) is 0 Å². The summed E-state index contributed by atoms with van der Waals surface area (Å²) in [6.45, 7) is 6.97. The fraction of sp³-hybridized carbons (Fsp3) is 0.333. The predicted molar refractivity (Wildman–Crippen MR) is 37.8 cm³/mol. The van der Waals surface area contributed by atoms with Crippen LogP contribution >= 0.6 is 0 Å². The van der Waals surface area contributed by atoms with Gasteiger partial charge in [0.1, 0.15) is 0 Å². The van der Waals surface area contributed by atoms with E-state index in [-0.39, 0.29) is 0 Å². The highest BCUT2D eigenvalue weighted by Crippen LogP contribution is 1.96. The quantitative estimate of drug-likeness (QED) is 0.403. The van der Waals surface area contributed by atoms with Crippen molar-refractivity contribution in [2.45, 2.75) is 12.1 Å². The Bertz CT molecular complexity index is 70.6. The highest BCUT2D eigenvalue weighted by atomic mass is 28.3. The molecule has 1 nitrogen and oxygen atoms in total. The van der Waals surface area contributed by atoms with Crippen molar-refractivity contribution in [2.75, 3.05) is 0 Å². The third-order valence-corrected chi connectivity index (χ3v) is 2.58. The Morgan fingerprint density at radius 3 is 1.88 bits per heavy atom. The minimum atomic E-state index is -1.69. The zero-order chi connectivity index (χ0) is 6.41. The molecular formula is C6H11OSi. The zero-order valence-electron chi connectivity index (χ0n) is 4.97. The van der Waals surface area contributed by atoms with Crippen LogP contribution in [0, 0.1) is 0 Å². The van der Waals surface area contributed by atoms with Gasteiger partial charge in [0.2, 0.25) is 9.04 Å². The summed E-state index contributed by atoms with van der Waals surface area (Å²) in [7, 11) is -1.69. The molecule has 0 saturated heterocycles. The summed E-state index contributed by atoms with van der Waals surface area (Å²) in [5, 5.41) is 0. The molecule has 0 fully saturated rings. The van der Waals surface area contributed by atoms with Crippen LogP contribution in [0.3, 0.4) is 0 Å². The molecule has 0 aliphatic heterocycles. The summed E-state index contributed by atoms with van der Waals surface area (Å²) in [6.07, 6.45) is 3.40. The Hall–Kier alpha value is -0.343. The van der Waals surface area contributed by atoms with Crippen LogP contribution in [0.2, 0.25) is 12.1 Å². The maximum atomic E-state index is 10.7. The zero-order valence-corrected chi connectivity index (χ0v) is 6.12. The molecule has 0 aromatic carbocycles. The molecule has 2 heteroatoms. The first kappa shape index (κ1) is 7.66. The van der Waals surface area contributed by atoms with Crippen molar-refractivity contribution >= 4 is 9.04 Å². The Balaban J connectivity index is 3.16. The molecule has 0 N–H and O–H groups in total. The number of hydrogen-bond acceptors (Lipinski definition) is 0. The van der Waals surface area contributed by atoms with Crippen molar-refractivity contribution < 1.29 is 4.80 Å². The average molecular weight is 127 g/mol. The van der Waals surface area contributed by atoms with Crippen LogP contribution in [-0.2, 0) is 4.80 Å². The van der Waals surface area contributed by atoms with Crippen LogP contribution in [0.15, 0.2) is 25.3 Å². The predicted octanol–water partition coefficient (Wildman–Crippen LogP) is 1.51. The van der Waals surface area contributed by atoms with Crippen molar-refractivity contribution in [3.05, 3.63) is 25.3 Å². The lowest BCUT2D eigenvalue weighted by molar-refractivity contribution is 0.452. The number of rotatable bonds is 4. The average Bonchev–Trinajstić information content (AvgIpc) is 1.68. The molecule has 0 rings (SSSR count). The lowest BCUT2D eigenvalue weighted by atomic mass is 10.7. The minimum Gasteiger partial charge on any atom is -0.301 e. The van der Waals surface area contributed by atoms with Crippen LogP contribution in [0.1, 0.15) is 0 Å². The van der Waals surface area contributed by atoms with Crippen molar-refractivity contribution in [3.63, 3.8) is 0 Å². The summed E-state index contributed by atoms with van der Waals surface area (Å²) in [6, 6.07) is 1.37. The summed E-state index contributed by atoms with van der Waals surface area (Å²) in [4.78, 5) is 10.7. The van der Waals surface area contributed by atoms with Gasteiger partial charge in [-0.1, -0.05) is 12.2 Å². The monoisotopic (exact) mass is 127 g/mol. The lowest BCUT2D eigenvalue weighted by Crippen LogP contribution is -2.04. The van der Waals surface area contributed by atoms with Crippen LogP contribution in [0.25, 0.3) is 0 Å². The molecule has 0 aromatic heterocycles. The SMILES string of the molecule is C=CC[SiH]([O])CC=C. The molecule has 0 unspecified atom stereocenters. The molecule has 0 aromatic rings. The van der Waals surface area contributed by atoms with E-state index in [1.807, 2.05) is 0 Å². The van der Waals surface area contributed by atoms with E-state index < -0.39 is 9.04 Å². The van der Waals surface area contributed by atoms with E-state index in [0.717, 1.165) is 0 Å². The first-order chi connectivity index (χ1) is 3.81. The topological polar surface area (TPSA) is 19.9 Å². The number of allylic oxidation sites excluding steroid dienone is 2. The van der Waals surface area contributed by atoms with Gasteiger partial charge >= 0.3 is 0 Å². The molecule has 0 spiro atoms. The molecule has 0 amide bonds. The Kier molecular flexibility index (Phi) is 4.60. The van der Waals surface area contributed by atoms with Crippen molar-refractivity contribution in [1.82, 2.24) is 0 Å². The van der Waals surface area contributed by atoms with Gasteiger partial charge in [-0.25, -0.2) is 0 Å². The first-order valence-corrected chi connectivity index (χ1v) is 4.79. The van der Waals surface area contributed by atoms with E-state index in [2.05, 4.69) is 13.2 Å². The molecular weight excluding hydrogens is 116 g/mol. The van der Waals surface area contributed by atoms with Crippen LogP contribution in [0.4, 0.5) is 0 Å². The number of hydrogen-bond donors (Lipinski definition) is 0. The third-order valence-electron chi connectivity index (χ3n) is 0.859. The van der Waals surface area contributed by atoms with Gasteiger partial charge in [-0.05, 0) is 12.1 Å². The minimum absolute atomic E-state index is 0.687. The summed E-state index contributed by atoms with van der Waals surface area (Å²) in [5.41, 5.74) is 0. The van der Waals surface area contributed by atoms with Crippen molar-refractivity contribution in [1.29, 1.82) is 0 Å². The first-order valence-electron chi connectivity index (χ1n) is 2.69. The second-order valence-corrected chi connectivity index (χ2v) is 3.86. The van der Waals surface area contributed by atoms with E-state index >= 15 is 0 Å². The largest absolute Gasteiger partial charge is 0.301 e. The molecule has 0 aliphatic carbocycles. The Morgan fingerprint density at radius 1 is 1.25 bits per heavy atom. The summed E-state index contributed by atoms with van der Waals surface area (Å²) >= 11 is 0. The van der Waals surface area contributed by atoms with Crippen molar-refractivity contribution in [2.24, 2.45) is 0 Å². The molecule has 0 aliphatic rings. The fourth-order valence-electron chi connectivity index (χ4n) is 0.468. The van der Waals surface area contributed by atoms with Gasteiger partial charge in [-0.2, -0.15) is 0 Å². The highest BCUT2D eigenvalue weighted by molar-refractivity contribution is 6.51. The molecule has 8 heavy (non-hydrogen) atoms. The van der Waals surface area contributed by atoms with Crippen molar-refractivity contribution in [3.8, 4) is 0 Å². The molecule has 0 bridgehead atoms. The standard InChI is InChI=1S/C6H11OSi/c1-3-5-8(7)6-4-2/h3-4,8H,1-2,5-6H2. The van der Waals surface area contributed by atoms with E-state index in [1.54, 1.807) is 12.2 Å². The fourth-order valence-corrected chi connectivity index (χ4v) is 1.40. The van der Waals surface area contributed by atoms with Crippen LogP contribution in [-0.4, -0.2) is 9.04 Å². The normalized spacial score (nSPS) is 9.25. The smallest absolute Gasteiger partial charge is 0.229 e. The van der Waals surface area contributed by atoms with Crippen LogP contribution in [0.5, 0.6) is 0 Å². The molecule has 45 valence electrons. The molecule has 1 radical (unpaired) electrons. The van der Waals surface area contributed by atoms with Gasteiger partial charge in [0.15, 0.2) is 0 Å². The summed E-state index contributed by atoms with van der Waals surface area (Å²) < 4.78 is 0. The van der Waals surface area contributed by atoms with Gasteiger partial charge in [0.25, 0.3) is 0 Å². The highest BCUT2D eigenvalue weighted by Gasteiger charge is 2.01. The van der Waals surface area contributed by atoms with E-state index in [9.17, 15) is 4.80 Å². The van der Waals surface area contributed by atoms with Gasteiger partial charge in [-0.15, -0.1) is 13.2 Å². The van der Waals surface area contributed by atoms with Gasteiger partial charge < -0.3 is 4.80 Å². The summed E-state index contributed by atoms with van der Waals surface area (Å²) in [5.74, 6) is 0. The van der Waals surface area contributed by atoms with Gasteiger partial charge in [-0.3, -0.25) is 0 Å². The molecule has 0 saturated carbocycles. The van der Waals surface area contributed by atoms with E-state index in [0.29, 0.717) is 12.1 Å². The van der Waals surface area contributed by atoms with E-state index in [1.165, 1.54) is 0 Å². The maximum absolute atomic E-state index is 10.7. The molecule has 0 atom stereocenters. The Labute approximate surface area is 52.1 Å². The lowest BCUT2D eigenvalue weighted by Gasteiger charge is -1.94. The third kappa shape index (κ3) is 3.83. The second kappa shape index (κ2) is 4.81. The van der Waals surface area contributed by atoms with Crippen LogP contribution < -0.4 is 0 Å². The van der Waals surface area contributed by atoms with E-state index in [4.69, 9.17) is 0 Å². The second-order valence-electron chi connectivity index (χ2n) is 1.67. The molecule has 0 heterocycles. The van der Waals surface area contributed by atoms with Gasteiger partial charge in [0, 0.05) is 0 Å². The maximum Gasteiger partial charge on any atom is 0.229 e.